The molecule has 0 aromatic rings. The van der Waals surface area contributed by atoms with Crippen LogP contribution in [-0.2, 0) is 0 Å². The maximum absolute atomic E-state index is 10.9. The first-order chi connectivity index (χ1) is 16.3. The molecule has 0 radical (unpaired) electrons. The lowest BCUT2D eigenvalue weighted by molar-refractivity contribution is -0.195. The second-order valence-corrected chi connectivity index (χ2v) is 14.8. The van der Waals surface area contributed by atoms with Gasteiger partial charge in [-0.25, -0.2) is 0 Å². The van der Waals surface area contributed by atoms with Crippen LogP contribution in [0, 0.1) is 50.7 Å². The lowest BCUT2D eigenvalue weighted by Crippen LogP contribution is -2.62. The second-order valence-electron chi connectivity index (χ2n) is 14.8. The quantitative estimate of drug-likeness (QED) is 0.376. The van der Waals surface area contributed by atoms with Crippen LogP contribution in [0.25, 0.3) is 0 Å². The largest absolute Gasteiger partial charge is 0.396 e. The van der Waals surface area contributed by atoms with Gasteiger partial charge in [0, 0.05) is 10.8 Å². The fourth-order valence-corrected chi connectivity index (χ4v) is 11.1. The van der Waals surface area contributed by atoms with Gasteiger partial charge in [0.1, 0.15) is 0 Å². The van der Waals surface area contributed by atoms with Gasteiger partial charge in [-0.2, -0.15) is 0 Å². The summed E-state index contributed by atoms with van der Waals surface area (Å²) in [6, 6.07) is 0. The van der Waals surface area contributed by atoms with Gasteiger partial charge < -0.3 is 25.5 Å². The van der Waals surface area contributed by atoms with Crippen molar-refractivity contribution in [2.75, 3.05) is 13.2 Å². The van der Waals surface area contributed by atoms with Gasteiger partial charge in [-0.3, -0.25) is 0 Å². The normalized spacial score (nSPS) is 58.2. The average molecular weight is 491 g/mol. The molecule has 5 rings (SSSR count). The third kappa shape index (κ3) is 3.37. The van der Waals surface area contributed by atoms with Crippen LogP contribution in [0.5, 0.6) is 0 Å². The van der Waals surface area contributed by atoms with Crippen LogP contribution in [0.4, 0.5) is 0 Å². The molecule has 4 fully saturated rings. The Balaban J connectivity index is 1.52. The van der Waals surface area contributed by atoms with Crippen LogP contribution in [0.3, 0.4) is 0 Å². The van der Waals surface area contributed by atoms with Crippen LogP contribution in [0.1, 0.15) is 92.4 Å². The molecule has 0 aromatic heterocycles. The van der Waals surface area contributed by atoms with Crippen LogP contribution >= 0.6 is 0 Å². The minimum atomic E-state index is -0.893. The summed E-state index contributed by atoms with van der Waals surface area (Å²) in [5.74, 6) is 1.36. The van der Waals surface area contributed by atoms with Gasteiger partial charge in [0.05, 0.1) is 31.5 Å². The monoisotopic (exact) mass is 490 g/mol. The average Bonchev–Trinajstić information content (AvgIpc) is 2.97. The molecule has 5 nitrogen and oxygen atoms in total. The lowest BCUT2D eigenvalue weighted by Gasteiger charge is -2.64. The van der Waals surface area contributed by atoms with Gasteiger partial charge in [-0.1, -0.05) is 46.3 Å². The van der Waals surface area contributed by atoms with E-state index in [1.165, 1.54) is 0 Å². The molecule has 0 spiro atoms. The zero-order valence-corrected chi connectivity index (χ0v) is 22.6. The van der Waals surface area contributed by atoms with Crippen LogP contribution in [0.15, 0.2) is 11.6 Å². The molecule has 0 heterocycles. The number of rotatable bonds is 2. The van der Waals surface area contributed by atoms with Gasteiger partial charge in [-0.15, -0.1) is 0 Å². The molecule has 35 heavy (non-hydrogen) atoms. The number of aliphatic hydroxyl groups excluding tert-OH is 5. The zero-order chi connectivity index (χ0) is 25.6. The highest BCUT2D eigenvalue weighted by Crippen LogP contribution is 2.70. The summed E-state index contributed by atoms with van der Waals surface area (Å²) in [5.41, 5.74) is 0.557. The summed E-state index contributed by atoms with van der Waals surface area (Å²) in [4.78, 5) is 0. The number of fused-ring (bicyclic) bond motifs is 6. The molecule has 5 aliphatic rings. The Bertz CT molecular complexity index is 873. The van der Waals surface area contributed by atoms with Gasteiger partial charge >= 0.3 is 0 Å². The molecule has 12 atom stereocenters. The summed E-state index contributed by atoms with van der Waals surface area (Å²) < 4.78 is 0. The fourth-order valence-electron chi connectivity index (χ4n) is 11.1. The van der Waals surface area contributed by atoms with E-state index in [1.807, 2.05) is 6.92 Å². The van der Waals surface area contributed by atoms with E-state index in [2.05, 4.69) is 33.8 Å². The van der Waals surface area contributed by atoms with Crippen molar-refractivity contribution in [2.24, 2.45) is 50.7 Å². The van der Waals surface area contributed by atoms with Gasteiger partial charge in [-0.05, 0) is 97.7 Å². The van der Waals surface area contributed by atoms with Gasteiger partial charge in [0.2, 0.25) is 0 Å². The standard InChI is InChI=1S/C30H50O5/c1-26-12-10-23-27(2,13-11-24(34)29(23,4)16-31)21(26)9-7-19-18(14-26)6-8-22-28(19,3)15-20(33)25(35)30(22,5)17-32/h6,19-25,31-35H,7-17H2,1-5H3/t19-,20+,21+,22+,23-,24+,25+,26-,27+,28+,29+,30-/m0/s1. The maximum atomic E-state index is 10.9. The highest BCUT2D eigenvalue weighted by molar-refractivity contribution is 5.26. The Hall–Kier alpha value is -0.460. The van der Waals surface area contributed by atoms with E-state index < -0.39 is 29.1 Å². The summed E-state index contributed by atoms with van der Waals surface area (Å²) in [7, 11) is 0. The molecule has 5 heteroatoms. The fraction of sp³-hybridized carbons (Fsp3) is 0.933. The molecule has 200 valence electrons. The predicted molar refractivity (Wildman–Crippen MR) is 136 cm³/mol. The van der Waals surface area contributed by atoms with Gasteiger partial charge in [0.15, 0.2) is 0 Å². The van der Waals surface area contributed by atoms with Crippen molar-refractivity contribution in [3.8, 4) is 0 Å². The van der Waals surface area contributed by atoms with Crippen molar-refractivity contribution in [1.82, 2.24) is 0 Å². The molecule has 4 saturated carbocycles. The third-order valence-corrected chi connectivity index (χ3v) is 13.1. The van der Waals surface area contributed by atoms with Crippen molar-refractivity contribution in [3.05, 3.63) is 11.6 Å². The topological polar surface area (TPSA) is 101 Å². The van der Waals surface area contributed by atoms with Crippen molar-refractivity contribution in [1.29, 1.82) is 0 Å². The highest BCUT2D eigenvalue weighted by Gasteiger charge is 2.65. The van der Waals surface area contributed by atoms with E-state index in [0.29, 0.717) is 24.2 Å². The molecule has 0 bridgehead atoms. The number of allylic oxidation sites excluding steroid dienone is 2. The second kappa shape index (κ2) is 8.27. The number of hydrogen-bond acceptors (Lipinski definition) is 5. The van der Waals surface area contributed by atoms with Crippen LogP contribution in [0.2, 0.25) is 0 Å². The SMILES string of the molecule is C[C@@]12CC[C@H]3[C@](C)(CC[C@@H](O)[C@]3(C)CO)[C@@H]1CC[C@H]1C(=CC[C@H]3[C@](C)(CO)[C@H](O)[C@H](O)C[C@@]31C)C2. The molecule has 5 aliphatic carbocycles. The molecular weight excluding hydrogens is 440 g/mol. The highest BCUT2D eigenvalue weighted by atomic mass is 16.3. The molecule has 0 saturated heterocycles. The number of aliphatic hydroxyl groups is 5. The molecular formula is C30H50O5. The smallest absolute Gasteiger partial charge is 0.0877 e. The van der Waals surface area contributed by atoms with Crippen LogP contribution < -0.4 is 0 Å². The summed E-state index contributed by atoms with van der Waals surface area (Å²) in [6.45, 7) is 11.3. The first-order valence-corrected chi connectivity index (χ1v) is 14.2. The summed E-state index contributed by atoms with van der Waals surface area (Å²) in [5, 5.41) is 53.5. The van der Waals surface area contributed by atoms with Crippen LogP contribution in [-0.4, -0.2) is 57.1 Å². The summed E-state index contributed by atoms with van der Waals surface area (Å²) in [6.07, 6.45) is 9.01. The van der Waals surface area contributed by atoms with Crippen molar-refractivity contribution >= 4 is 0 Å². The molecule has 0 unspecified atom stereocenters. The lowest BCUT2D eigenvalue weighted by atomic mass is 9.42. The summed E-state index contributed by atoms with van der Waals surface area (Å²) >= 11 is 0. The first-order valence-electron chi connectivity index (χ1n) is 14.2. The van der Waals surface area contributed by atoms with Crippen molar-refractivity contribution in [3.63, 3.8) is 0 Å². The van der Waals surface area contributed by atoms with E-state index >= 15 is 0 Å². The molecule has 0 amide bonds. The predicted octanol–water partition coefficient (Wildman–Crippen LogP) is 4.06. The van der Waals surface area contributed by atoms with Gasteiger partial charge in [0.25, 0.3) is 0 Å². The van der Waals surface area contributed by atoms with E-state index in [0.717, 1.165) is 51.4 Å². The minimum Gasteiger partial charge on any atom is -0.396 e. The molecule has 0 aromatic carbocycles. The Morgan fingerprint density at radius 3 is 2.11 bits per heavy atom. The first kappa shape index (κ1) is 26.2. The Morgan fingerprint density at radius 2 is 1.46 bits per heavy atom. The molecule has 0 aliphatic heterocycles. The van der Waals surface area contributed by atoms with E-state index in [9.17, 15) is 25.5 Å². The van der Waals surface area contributed by atoms with E-state index in [4.69, 9.17) is 0 Å². The van der Waals surface area contributed by atoms with E-state index in [1.54, 1.807) is 5.57 Å². The van der Waals surface area contributed by atoms with E-state index in [-0.39, 0.29) is 35.4 Å². The zero-order valence-electron chi connectivity index (χ0n) is 22.6. The number of hydrogen-bond donors (Lipinski definition) is 5. The maximum Gasteiger partial charge on any atom is 0.0877 e. The molecule has 5 N–H and O–H groups in total. The van der Waals surface area contributed by atoms with Crippen molar-refractivity contribution in [2.45, 2.75) is 111 Å². The Kier molecular flexibility index (Phi) is 6.18. The third-order valence-electron chi connectivity index (χ3n) is 13.1. The minimum absolute atomic E-state index is 0.0470. The Labute approximate surface area is 212 Å². The van der Waals surface area contributed by atoms with Crippen molar-refractivity contribution < 1.29 is 25.5 Å². The Morgan fingerprint density at radius 1 is 0.771 bits per heavy atom.